The molecule has 0 rings (SSSR count). The molecule has 0 aromatic rings. The Labute approximate surface area is 120 Å². The normalized spacial score (nSPS) is 11.7. The van der Waals surface area contributed by atoms with Crippen molar-refractivity contribution in [3.05, 3.63) is 0 Å². The van der Waals surface area contributed by atoms with Crippen molar-refractivity contribution in [3.8, 4) is 0 Å². The molecule has 0 atom stereocenters. The smallest absolute Gasteiger partial charge is 0.303 e. The van der Waals surface area contributed by atoms with E-state index in [1.165, 1.54) is 64.2 Å². The standard InChI is InChI=1S/C17H34O2/c1-4-6-8-10-13-17(3,15-12-16(18)19)14-11-9-7-5-2/h4-15H2,1-3H3,(H,18,19). The van der Waals surface area contributed by atoms with Gasteiger partial charge < -0.3 is 5.11 Å². The Kier molecular flexibility index (Phi) is 11.0. The number of hydrogen-bond acceptors (Lipinski definition) is 1. The summed E-state index contributed by atoms with van der Waals surface area (Å²) in [6.07, 6.45) is 13.9. The summed E-state index contributed by atoms with van der Waals surface area (Å²) in [5.74, 6) is -0.645. The van der Waals surface area contributed by atoms with Gasteiger partial charge in [-0.1, -0.05) is 72.1 Å². The van der Waals surface area contributed by atoms with Gasteiger partial charge in [0.15, 0.2) is 0 Å². The van der Waals surface area contributed by atoms with Gasteiger partial charge in [0.1, 0.15) is 0 Å². The lowest BCUT2D eigenvalue weighted by Crippen LogP contribution is -2.18. The van der Waals surface area contributed by atoms with Crippen LogP contribution >= 0.6 is 0 Å². The van der Waals surface area contributed by atoms with Crippen molar-refractivity contribution in [1.82, 2.24) is 0 Å². The van der Waals surface area contributed by atoms with E-state index < -0.39 is 5.97 Å². The summed E-state index contributed by atoms with van der Waals surface area (Å²) in [5, 5.41) is 8.90. The molecule has 0 heterocycles. The Morgan fingerprint density at radius 2 is 1.32 bits per heavy atom. The van der Waals surface area contributed by atoms with Crippen molar-refractivity contribution in [2.75, 3.05) is 0 Å². The van der Waals surface area contributed by atoms with Gasteiger partial charge in [0.2, 0.25) is 0 Å². The van der Waals surface area contributed by atoms with Gasteiger partial charge in [-0.15, -0.1) is 0 Å². The lowest BCUT2D eigenvalue weighted by molar-refractivity contribution is -0.137. The molecule has 0 aromatic heterocycles. The van der Waals surface area contributed by atoms with E-state index in [1.54, 1.807) is 0 Å². The van der Waals surface area contributed by atoms with Gasteiger partial charge in [-0.2, -0.15) is 0 Å². The molecular formula is C17H34O2. The highest BCUT2D eigenvalue weighted by Gasteiger charge is 2.24. The van der Waals surface area contributed by atoms with Crippen LogP contribution in [0.1, 0.15) is 97.8 Å². The van der Waals surface area contributed by atoms with Crippen molar-refractivity contribution >= 4 is 5.97 Å². The number of rotatable bonds is 13. The van der Waals surface area contributed by atoms with Crippen LogP contribution in [0.5, 0.6) is 0 Å². The maximum atomic E-state index is 10.8. The monoisotopic (exact) mass is 270 g/mol. The van der Waals surface area contributed by atoms with Gasteiger partial charge in [0, 0.05) is 6.42 Å². The third-order valence-corrected chi connectivity index (χ3v) is 4.21. The molecule has 114 valence electrons. The van der Waals surface area contributed by atoms with E-state index in [9.17, 15) is 4.79 Å². The highest BCUT2D eigenvalue weighted by molar-refractivity contribution is 5.66. The minimum Gasteiger partial charge on any atom is -0.481 e. The van der Waals surface area contributed by atoms with Gasteiger partial charge in [0.05, 0.1) is 0 Å². The van der Waals surface area contributed by atoms with Crippen LogP contribution in [0.15, 0.2) is 0 Å². The van der Waals surface area contributed by atoms with E-state index in [2.05, 4.69) is 20.8 Å². The zero-order valence-electron chi connectivity index (χ0n) is 13.3. The van der Waals surface area contributed by atoms with E-state index in [0.29, 0.717) is 6.42 Å². The predicted octanol–water partition coefficient (Wildman–Crippen LogP) is 5.80. The minimum absolute atomic E-state index is 0.250. The Hall–Kier alpha value is -0.530. The molecule has 0 saturated carbocycles. The third kappa shape index (κ3) is 11.0. The van der Waals surface area contributed by atoms with Crippen LogP contribution in [0.4, 0.5) is 0 Å². The summed E-state index contributed by atoms with van der Waals surface area (Å²) in [4.78, 5) is 10.8. The molecule has 2 heteroatoms. The molecule has 2 nitrogen and oxygen atoms in total. The summed E-state index contributed by atoms with van der Waals surface area (Å²) in [7, 11) is 0. The fourth-order valence-corrected chi connectivity index (χ4v) is 2.74. The molecule has 0 aliphatic rings. The molecule has 0 aromatic carbocycles. The van der Waals surface area contributed by atoms with Crippen LogP contribution in [0, 0.1) is 5.41 Å². The molecule has 0 radical (unpaired) electrons. The molecule has 0 aliphatic heterocycles. The second-order valence-electron chi connectivity index (χ2n) is 6.33. The molecule has 0 amide bonds. The van der Waals surface area contributed by atoms with E-state index in [4.69, 9.17) is 5.11 Å². The highest BCUT2D eigenvalue weighted by atomic mass is 16.4. The van der Waals surface area contributed by atoms with Gasteiger partial charge >= 0.3 is 5.97 Å². The number of hydrogen-bond donors (Lipinski definition) is 1. The molecular weight excluding hydrogens is 236 g/mol. The van der Waals surface area contributed by atoms with E-state index in [-0.39, 0.29) is 5.41 Å². The molecule has 0 spiro atoms. The average molecular weight is 270 g/mol. The van der Waals surface area contributed by atoms with Crippen molar-refractivity contribution in [3.63, 3.8) is 0 Å². The quantitative estimate of drug-likeness (QED) is 0.429. The SMILES string of the molecule is CCCCCCC(C)(CCCCCC)CCC(=O)O. The van der Waals surface area contributed by atoms with Crippen LogP contribution in [-0.4, -0.2) is 11.1 Å². The fourth-order valence-electron chi connectivity index (χ4n) is 2.74. The Balaban J connectivity index is 4.07. The molecule has 0 bridgehead atoms. The first-order valence-corrected chi connectivity index (χ1v) is 8.26. The summed E-state index contributed by atoms with van der Waals surface area (Å²) < 4.78 is 0. The molecule has 19 heavy (non-hydrogen) atoms. The zero-order valence-corrected chi connectivity index (χ0v) is 13.3. The summed E-state index contributed by atoms with van der Waals surface area (Å²) >= 11 is 0. The first-order valence-electron chi connectivity index (χ1n) is 8.26. The first-order chi connectivity index (χ1) is 9.04. The van der Waals surface area contributed by atoms with Crippen molar-refractivity contribution in [2.24, 2.45) is 5.41 Å². The van der Waals surface area contributed by atoms with E-state index in [1.807, 2.05) is 0 Å². The summed E-state index contributed by atoms with van der Waals surface area (Å²) in [6, 6.07) is 0. The van der Waals surface area contributed by atoms with Crippen molar-refractivity contribution < 1.29 is 9.90 Å². The maximum absolute atomic E-state index is 10.8. The minimum atomic E-state index is -0.645. The van der Waals surface area contributed by atoms with Crippen LogP contribution < -0.4 is 0 Å². The molecule has 1 N–H and O–H groups in total. The first kappa shape index (κ1) is 18.5. The molecule has 0 fully saturated rings. The van der Waals surface area contributed by atoms with Crippen molar-refractivity contribution in [2.45, 2.75) is 97.8 Å². The number of carbonyl (C=O) groups is 1. The number of aliphatic carboxylic acids is 1. The number of unbranched alkanes of at least 4 members (excludes halogenated alkanes) is 6. The van der Waals surface area contributed by atoms with Gasteiger partial charge in [-0.25, -0.2) is 0 Å². The van der Waals surface area contributed by atoms with Gasteiger partial charge in [-0.3, -0.25) is 4.79 Å². The zero-order chi connectivity index (χ0) is 14.6. The third-order valence-electron chi connectivity index (χ3n) is 4.21. The summed E-state index contributed by atoms with van der Waals surface area (Å²) in [5.41, 5.74) is 0.250. The maximum Gasteiger partial charge on any atom is 0.303 e. The summed E-state index contributed by atoms with van der Waals surface area (Å²) in [6.45, 7) is 6.76. The topological polar surface area (TPSA) is 37.3 Å². The van der Waals surface area contributed by atoms with Crippen molar-refractivity contribution in [1.29, 1.82) is 0 Å². The largest absolute Gasteiger partial charge is 0.481 e. The Morgan fingerprint density at radius 3 is 1.68 bits per heavy atom. The number of carboxylic acids is 1. The van der Waals surface area contributed by atoms with Crippen LogP contribution in [0.2, 0.25) is 0 Å². The molecule has 0 saturated heterocycles. The predicted molar refractivity (Wildman–Crippen MR) is 82.5 cm³/mol. The second-order valence-corrected chi connectivity index (χ2v) is 6.33. The van der Waals surface area contributed by atoms with E-state index >= 15 is 0 Å². The Morgan fingerprint density at radius 1 is 0.842 bits per heavy atom. The molecule has 0 unspecified atom stereocenters. The lowest BCUT2D eigenvalue weighted by Gasteiger charge is -2.29. The highest BCUT2D eigenvalue weighted by Crippen LogP contribution is 2.36. The average Bonchev–Trinajstić information content (AvgIpc) is 2.38. The lowest BCUT2D eigenvalue weighted by atomic mass is 9.76. The second kappa shape index (κ2) is 11.3. The van der Waals surface area contributed by atoms with Crippen LogP contribution in [0.3, 0.4) is 0 Å². The Bertz CT molecular complexity index is 211. The van der Waals surface area contributed by atoms with E-state index in [0.717, 1.165) is 6.42 Å². The van der Waals surface area contributed by atoms with Crippen LogP contribution in [-0.2, 0) is 4.79 Å². The van der Waals surface area contributed by atoms with Gasteiger partial charge in [-0.05, 0) is 24.7 Å². The fraction of sp³-hybridized carbons (Fsp3) is 0.941. The number of carboxylic acid groups (broad SMARTS) is 1. The molecule has 0 aliphatic carbocycles. The van der Waals surface area contributed by atoms with Gasteiger partial charge in [0.25, 0.3) is 0 Å². The van der Waals surface area contributed by atoms with Crippen LogP contribution in [0.25, 0.3) is 0 Å².